The number of benzene rings is 3. The number of thiazole rings is 1. The normalized spacial score (nSPS) is 11.5. The van der Waals surface area contributed by atoms with Crippen LogP contribution in [0.25, 0.3) is 33.7 Å². The third kappa shape index (κ3) is 4.23. The Kier molecular flexibility index (Phi) is 5.30. The predicted octanol–water partition coefficient (Wildman–Crippen LogP) is 7.30. The summed E-state index contributed by atoms with van der Waals surface area (Å²) in [6, 6.07) is 18.2. The van der Waals surface area contributed by atoms with Crippen molar-refractivity contribution in [2.45, 2.75) is 13.1 Å². The lowest BCUT2D eigenvalue weighted by atomic mass is 10.1. The first-order chi connectivity index (χ1) is 16.3. The molecule has 168 valence electrons. The number of fused-ring (bicyclic) bond motifs is 1. The van der Waals surface area contributed by atoms with Crippen LogP contribution in [0.15, 0.2) is 66.0 Å². The molecule has 0 unspecified atom stereocenters. The molecule has 5 nitrogen and oxygen atoms in total. The van der Waals surface area contributed by atoms with Gasteiger partial charge in [0.2, 0.25) is 0 Å². The van der Waals surface area contributed by atoms with Crippen LogP contribution in [0.4, 0.5) is 24.0 Å². The molecule has 0 radical (unpaired) electrons. The van der Waals surface area contributed by atoms with Crippen molar-refractivity contribution in [2.75, 3.05) is 5.32 Å². The van der Waals surface area contributed by atoms with Crippen LogP contribution in [-0.4, -0.2) is 15.0 Å². The molecule has 2 N–H and O–H groups in total. The molecule has 0 bridgehead atoms. The molecule has 0 amide bonds. The van der Waals surface area contributed by atoms with E-state index in [4.69, 9.17) is 5.26 Å². The number of nitrogens with one attached hydrogen (secondary N) is 2. The first-order valence-electron chi connectivity index (χ1n) is 10.2. The minimum absolute atomic E-state index is 0.363. The number of imidazole rings is 1. The fourth-order valence-corrected chi connectivity index (χ4v) is 4.34. The van der Waals surface area contributed by atoms with Gasteiger partial charge >= 0.3 is 6.18 Å². The van der Waals surface area contributed by atoms with Gasteiger partial charge < -0.3 is 10.3 Å². The van der Waals surface area contributed by atoms with E-state index in [9.17, 15) is 13.2 Å². The molecule has 0 aliphatic rings. The minimum Gasteiger partial charge on any atom is -0.338 e. The van der Waals surface area contributed by atoms with Crippen molar-refractivity contribution in [3.8, 4) is 28.7 Å². The van der Waals surface area contributed by atoms with Crippen LogP contribution in [0.1, 0.15) is 16.7 Å². The number of anilines is 2. The number of alkyl halides is 3. The summed E-state index contributed by atoms with van der Waals surface area (Å²) in [5.74, 6) is 0.367. The van der Waals surface area contributed by atoms with E-state index < -0.39 is 11.7 Å². The molecule has 2 aromatic heterocycles. The second kappa shape index (κ2) is 8.32. The molecular formula is C25H16F3N5S. The lowest BCUT2D eigenvalue weighted by Gasteiger charge is -2.07. The fourth-order valence-electron chi connectivity index (χ4n) is 3.61. The minimum atomic E-state index is -4.42. The average molecular weight is 475 g/mol. The molecule has 0 saturated carbocycles. The number of halogens is 3. The van der Waals surface area contributed by atoms with E-state index in [1.165, 1.54) is 17.4 Å². The molecule has 5 aromatic rings. The smallest absolute Gasteiger partial charge is 0.338 e. The van der Waals surface area contributed by atoms with Crippen LogP contribution < -0.4 is 5.32 Å². The zero-order chi connectivity index (χ0) is 23.9. The Morgan fingerprint density at radius 3 is 2.59 bits per heavy atom. The van der Waals surface area contributed by atoms with Crippen molar-refractivity contribution in [3.05, 3.63) is 82.7 Å². The van der Waals surface area contributed by atoms with E-state index in [0.717, 1.165) is 40.2 Å². The molecule has 3 aromatic carbocycles. The van der Waals surface area contributed by atoms with Crippen molar-refractivity contribution >= 4 is 33.2 Å². The van der Waals surface area contributed by atoms with E-state index in [-0.39, 0.29) is 0 Å². The first-order valence-corrected chi connectivity index (χ1v) is 11.1. The second-order valence-corrected chi connectivity index (χ2v) is 8.56. The molecule has 9 heteroatoms. The van der Waals surface area contributed by atoms with Gasteiger partial charge in [-0.3, -0.25) is 0 Å². The highest BCUT2D eigenvalue weighted by Gasteiger charge is 2.30. The maximum atomic E-state index is 13.1. The Morgan fingerprint density at radius 2 is 1.79 bits per heavy atom. The van der Waals surface area contributed by atoms with Crippen LogP contribution >= 0.6 is 11.3 Å². The number of hydrogen-bond acceptors (Lipinski definition) is 5. The molecule has 0 aliphatic heterocycles. The number of aryl methyl sites for hydroxylation is 1. The Bertz CT molecular complexity index is 1560. The van der Waals surface area contributed by atoms with Gasteiger partial charge in [0.15, 0.2) is 5.13 Å². The highest BCUT2D eigenvalue weighted by atomic mass is 32.1. The van der Waals surface area contributed by atoms with Crippen molar-refractivity contribution in [1.82, 2.24) is 15.0 Å². The summed E-state index contributed by atoms with van der Waals surface area (Å²) in [5.41, 5.74) is 4.89. The topological polar surface area (TPSA) is 77.4 Å². The Labute approximate surface area is 196 Å². The third-order valence-electron chi connectivity index (χ3n) is 5.32. The van der Waals surface area contributed by atoms with Crippen LogP contribution in [0, 0.1) is 18.3 Å². The number of nitriles is 1. The standard InChI is InChI=1S/C25H16F3N5S/c1-14-8-20-21(31-23(30-20)17-6-3-7-18(10-17)25(26,27)28)11-19(14)32-24-33-22(13-34-24)16-5-2-4-15(9-16)12-29/h2-11,13H,1H3,(H,30,31)(H,32,33). The van der Waals surface area contributed by atoms with Gasteiger partial charge in [-0.2, -0.15) is 18.4 Å². The Balaban J connectivity index is 1.44. The number of rotatable bonds is 4. The van der Waals surface area contributed by atoms with Gasteiger partial charge in [0.1, 0.15) is 5.82 Å². The molecule has 2 heterocycles. The zero-order valence-electron chi connectivity index (χ0n) is 17.7. The van der Waals surface area contributed by atoms with Gasteiger partial charge in [-0.05, 0) is 48.9 Å². The van der Waals surface area contributed by atoms with Crippen LogP contribution in [0.2, 0.25) is 0 Å². The third-order valence-corrected chi connectivity index (χ3v) is 6.08. The molecule has 0 saturated heterocycles. The number of aromatic nitrogens is 3. The summed E-state index contributed by atoms with van der Waals surface area (Å²) in [4.78, 5) is 12.2. The summed E-state index contributed by atoms with van der Waals surface area (Å²) in [5, 5.41) is 15.0. The maximum absolute atomic E-state index is 13.1. The monoisotopic (exact) mass is 475 g/mol. The summed E-state index contributed by atoms with van der Waals surface area (Å²) < 4.78 is 39.3. The van der Waals surface area contributed by atoms with E-state index >= 15 is 0 Å². The molecule has 0 aliphatic carbocycles. The number of hydrogen-bond donors (Lipinski definition) is 2. The summed E-state index contributed by atoms with van der Waals surface area (Å²) in [7, 11) is 0. The molecule has 0 fully saturated rings. The van der Waals surface area contributed by atoms with Crippen LogP contribution in [-0.2, 0) is 6.18 Å². The Morgan fingerprint density at radius 1 is 1.00 bits per heavy atom. The van der Waals surface area contributed by atoms with E-state index in [0.29, 0.717) is 27.6 Å². The Hall–Kier alpha value is -4.16. The molecule has 5 rings (SSSR count). The highest BCUT2D eigenvalue weighted by Crippen LogP contribution is 2.34. The van der Waals surface area contributed by atoms with Crippen molar-refractivity contribution in [2.24, 2.45) is 0 Å². The number of H-pyrrole nitrogens is 1. The summed E-state index contributed by atoms with van der Waals surface area (Å²) >= 11 is 1.43. The predicted molar refractivity (Wildman–Crippen MR) is 127 cm³/mol. The van der Waals surface area contributed by atoms with Gasteiger partial charge in [0.25, 0.3) is 0 Å². The second-order valence-electron chi connectivity index (χ2n) is 7.70. The van der Waals surface area contributed by atoms with Gasteiger partial charge in [-0.25, -0.2) is 9.97 Å². The van der Waals surface area contributed by atoms with Gasteiger partial charge in [0, 0.05) is 22.2 Å². The molecular weight excluding hydrogens is 459 g/mol. The van der Waals surface area contributed by atoms with Crippen molar-refractivity contribution in [3.63, 3.8) is 0 Å². The van der Waals surface area contributed by atoms with E-state index in [1.807, 2.05) is 36.6 Å². The lowest BCUT2D eigenvalue weighted by Crippen LogP contribution is -2.04. The molecule has 0 atom stereocenters. The van der Waals surface area contributed by atoms with E-state index in [2.05, 4.69) is 26.3 Å². The van der Waals surface area contributed by atoms with Crippen LogP contribution in [0.5, 0.6) is 0 Å². The summed E-state index contributed by atoms with van der Waals surface area (Å²) in [6.45, 7) is 1.93. The quantitative estimate of drug-likeness (QED) is 0.286. The van der Waals surface area contributed by atoms with Gasteiger partial charge in [0.05, 0.1) is 33.9 Å². The van der Waals surface area contributed by atoms with Gasteiger partial charge in [-0.15, -0.1) is 11.3 Å². The van der Waals surface area contributed by atoms with Crippen molar-refractivity contribution < 1.29 is 13.2 Å². The summed E-state index contributed by atoms with van der Waals surface area (Å²) in [6.07, 6.45) is -4.42. The number of aromatic amines is 1. The number of nitrogens with zero attached hydrogens (tertiary/aromatic N) is 3. The van der Waals surface area contributed by atoms with Crippen LogP contribution in [0.3, 0.4) is 0 Å². The largest absolute Gasteiger partial charge is 0.416 e. The average Bonchev–Trinajstić information content (AvgIpc) is 3.46. The van der Waals surface area contributed by atoms with Gasteiger partial charge in [-0.1, -0.05) is 24.3 Å². The highest BCUT2D eigenvalue weighted by molar-refractivity contribution is 7.14. The van der Waals surface area contributed by atoms with Crippen molar-refractivity contribution in [1.29, 1.82) is 5.26 Å². The molecule has 0 spiro atoms. The fraction of sp³-hybridized carbons (Fsp3) is 0.0800. The zero-order valence-corrected chi connectivity index (χ0v) is 18.6. The first kappa shape index (κ1) is 21.7. The molecule has 34 heavy (non-hydrogen) atoms. The maximum Gasteiger partial charge on any atom is 0.416 e. The van der Waals surface area contributed by atoms with E-state index in [1.54, 1.807) is 18.2 Å². The SMILES string of the molecule is Cc1cc2[nH]c(-c3cccc(C(F)(F)F)c3)nc2cc1Nc1nc(-c2cccc(C#N)c2)cs1. The lowest BCUT2D eigenvalue weighted by molar-refractivity contribution is -0.137.